The van der Waals surface area contributed by atoms with Crippen molar-refractivity contribution in [1.82, 2.24) is 0 Å². The largest absolute Gasteiger partial charge is 0.508 e. The molecule has 0 aromatic heterocycles. The number of carbonyl (C=O) groups is 1. The molecule has 2 rings (SSSR count). The van der Waals surface area contributed by atoms with Gasteiger partial charge >= 0.3 is 0 Å². The van der Waals surface area contributed by atoms with Crippen LogP contribution >= 0.6 is 23.2 Å². The van der Waals surface area contributed by atoms with Gasteiger partial charge in [-0.1, -0.05) is 23.2 Å². The van der Waals surface area contributed by atoms with Gasteiger partial charge in [0.05, 0.1) is 12.5 Å². The molecule has 1 unspecified atom stereocenters. The minimum atomic E-state index is -1.00. The molecule has 0 aliphatic rings. The Kier molecular flexibility index (Phi) is 5.07. The lowest BCUT2D eigenvalue weighted by molar-refractivity contribution is -0.118. The first-order valence-electron chi connectivity index (χ1n) is 6.17. The number of aliphatic hydroxyl groups is 1. The monoisotopic (exact) mass is 325 g/mol. The number of phenolic OH excluding ortho intramolecular Hbond substituents is 1. The number of aromatic hydroxyl groups is 1. The Morgan fingerprint density at radius 1 is 1.10 bits per heavy atom. The van der Waals surface area contributed by atoms with Gasteiger partial charge in [-0.25, -0.2) is 0 Å². The summed E-state index contributed by atoms with van der Waals surface area (Å²) < 4.78 is 0. The van der Waals surface area contributed by atoms with E-state index in [1.54, 1.807) is 30.3 Å². The molecule has 6 heteroatoms. The fraction of sp³-hybridized carbons (Fsp3) is 0.133. The van der Waals surface area contributed by atoms with Gasteiger partial charge in [0, 0.05) is 15.7 Å². The molecule has 2 aromatic rings. The maximum atomic E-state index is 11.9. The van der Waals surface area contributed by atoms with Crippen molar-refractivity contribution in [2.75, 3.05) is 5.32 Å². The molecule has 110 valence electrons. The van der Waals surface area contributed by atoms with Crippen LogP contribution in [0, 0.1) is 0 Å². The molecule has 3 N–H and O–H groups in total. The molecular weight excluding hydrogens is 313 g/mol. The average Bonchev–Trinajstić information content (AvgIpc) is 2.40. The molecule has 0 heterocycles. The standard InChI is InChI=1S/C15H13Cl2NO3/c16-10-5-9(6-11(17)7-10)14(20)8-15(21)18-12-1-3-13(19)4-2-12/h1-7,14,19-20H,8H2,(H,18,21). The van der Waals surface area contributed by atoms with E-state index < -0.39 is 6.10 Å². The fourth-order valence-corrected chi connectivity index (χ4v) is 2.36. The summed E-state index contributed by atoms with van der Waals surface area (Å²) in [5.74, 6) is -0.245. The van der Waals surface area contributed by atoms with Gasteiger partial charge in [0.25, 0.3) is 0 Å². The lowest BCUT2D eigenvalue weighted by atomic mass is 10.1. The number of halogens is 2. The first-order valence-corrected chi connectivity index (χ1v) is 6.92. The average molecular weight is 326 g/mol. The van der Waals surface area contributed by atoms with Gasteiger partial charge in [-0.15, -0.1) is 0 Å². The number of amides is 1. The van der Waals surface area contributed by atoms with Crippen LogP contribution in [-0.2, 0) is 4.79 Å². The van der Waals surface area contributed by atoms with Gasteiger partial charge in [0.15, 0.2) is 0 Å². The van der Waals surface area contributed by atoms with E-state index in [0.29, 0.717) is 21.3 Å². The lowest BCUT2D eigenvalue weighted by Gasteiger charge is -2.12. The van der Waals surface area contributed by atoms with Gasteiger partial charge < -0.3 is 15.5 Å². The second-order valence-corrected chi connectivity index (χ2v) is 5.39. The Bertz CT molecular complexity index is 624. The number of aliphatic hydroxyl groups excluding tert-OH is 1. The van der Waals surface area contributed by atoms with Crippen molar-refractivity contribution in [2.24, 2.45) is 0 Å². The highest BCUT2D eigenvalue weighted by Gasteiger charge is 2.14. The van der Waals surface area contributed by atoms with Crippen LogP contribution in [0.4, 0.5) is 5.69 Å². The van der Waals surface area contributed by atoms with Crippen LogP contribution in [0.15, 0.2) is 42.5 Å². The van der Waals surface area contributed by atoms with Crippen molar-refractivity contribution in [2.45, 2.75) is 12.5 Å². The highest BCUT2D eigenvalue weighted by atomic mass is 35.5. The molecule has 21 heavy (non-hydrogen) atoms. The highest BCUT2D eigenvalue weighted by Crippen LogP contribution is 2.25. The number of carbonyl (C=O) groups excluding carboxylic acids is 1. The number of phenols is 1. The maximum absolute atomic E-state index is 11.9. The summed E-state index contributed by atoms with van der Waals surface area (Å²) in [6.07, 6.45) is -1.13. The van der Waals surface area contributed by atoms with E-state index in [-0.39, 0.29) is 18.1 Å². The Balaban J connectivity index is 2.00. The number of benzene rings is 2. The topological polar surface area (TPSA) is 69.6 Å². The zero-order chi connectivity index (χ0) is 15.4. The number of hydrogen-bond acceptors (Lipinski definition) is 3. The zero-order valence-electron chi connectivity index (χ0n) is 10.9. The minimum Gasteiger partial charge on any atom is -0.508 e. The third kappa shape index (κ3) is 4.63. The molecule has 0 aliphatic heterocycles. The normalized spacial score (nSPS) is 12.0. The fourth-order valence-electron chi connectivity index (χ4n) is 1.82. The Morgan fingerprint density at radius 2 is 1.67 bits per heavy atom. The second-order valence-electron chi connectivity index (χ2n) is 4.52. The lowest BCUT2D eigenvalue weighted by Crippen LogP contribution is -2.15. The first-order chi connectivity index (χ1) is 9.94. The predicted octanol–water partition coefficient (Wildman–Crippen LogP) is 3.76. The van der Waals surface area contributed by atoms with Crippen LogP contribution in [0.3, 0.4) is 0 Å². The van der Waals surface area contributed by atoms with Crippen molar-refractivity contribution in [3.05, 3.63) is 58.1 Å². The van der Waals surface area contributed by atoms with Crippen molar-refractivity contribution >= 4 is 34.8 Å². The summed E-state index contributed by atoms with van der Waals surface area (Å²) in [5.41, 5.74) is 1.02. The summed E-state index contributed by atoms with van der Waals surface area (Å²) in [5, 5.41) is 22.6. The quantitative estimate of drug-likeness (QED) is 0.749. The maximum Gasteiger partial charge on any atom is 0.227 e. The highest BCUT2D eigenvalue weighted by molar-refractivity contribution is 6.34. The zero-order valence-corrected chi connectivity index (χ0v) is 12.4. The Hall–Kier alpha value is -1.75. The van der Waals surface area contributed by atoms with E-state index in [9.17, 15) is 9.90 Å². The van der Waals surface area contributed by atoms with Crippen molar-refractivity contribution in [3.63, 3.8) is 0 Å². The van der Waals surface area contributed by atoms with Crippen LogP contribution in [0.2, 0.25) is 10.0 Å². The molecular formula is C15H13Cl2NO3. The van der Waals surface area contributed by atoms with Crippen molar-refractivity contribution in [1.29, 1.82) is 0 Å². The second kappa shape index (κ2) is 6.80. The van der Waals surface area contributed by atoms with Crippen LogP contribution in [0.25, 0.3) is 0 Å². The summed E-state index contributed by atoms with van der Waals surface area (Å²) in [7, 11) is 0. The minimum absolute atomic E-state index is 0.113. The Morgan fingerprint density at radius 3 is 2.24 bits per heavy atom. The van der Waals surface area contributed by atoms with Gasteiger partial charge in [0.1, 0.15) is 5.75 Å². The molecule has 1 amide bonds. The third-order valence-corrected chi connectivity index (χ3v) is 3.24. The van der Waals surface area contributed by atoms with E-state index in [1.165, 1.54) is 12.1 Å². The van der Waals surface area contributed by atoms with Gasteiger partial charge in [-0.05, 0) is 48.0 Å². The molecule has 2 aromatic carbocycles. The summed E-state index contributed by atoms with van der Waals surface area (Å²) >= 11 is 11.7. The van der Waals surface area contributed by atoms with E-state index in [2.05, 4.69) is 5.32 Å². The number of anilines is 1. The van der Waals surface area contributed by atoms with E-state index in [1.807, 2.05) is 0 Å². The summed E-state index contributed by atoms with van der Waals surface area (Å²) in [6, 6.07) is 10.7. The third-order valence-electron chi connectivity index (χ3n) is 2.80. The molecule has 1 atom stereocenters. The SMILES string of the molecule is O=C(CC(O)c1cc(Cl)cc(Cl)c1)Nc1ccc(O)cc1. The van der Waals surface area contributed by atoms with Crippen LogP contribution in [0.5, 0.6) is 5.75 Å². The van der Waals surface area contributed by atoms with E-state index >= 15 is 0 Å². The number of nitrogens with one attached hydrogen (secondary N) is 1. The molecule has 4 nitrogen and oxygen atoms in total. The molecule has 0 spiro atoms. The van der Waals surface area contributed by atoms with Crippen LogP contribution in [-0.4, -0.2) is 16.1 Å². The Labute approximate surface area is 131 Å². The van der Waals surface area contributed by atoms with Crippen molar-refractivity contribution < 1.29 is 15.0 Å². The molecule has 0 saturated carbocycles. The molecule has 0 aliphatic carbocycles. The van der Waals surface area contributed by atoms with Gasteiger partial charge in [-0.2, -0.15) is 0 Å². The smallest absolute Gasteiger partial charge is 0.227 e. The molecule has 0 saturated heterocycles. The summed E-state index contributed by atoms with van der Waals surface area (Å²) in [6.45, 7) is 0. The predicted molar refractivity (Wildman–Crippen MR) is 82.8 cm³/mol. The summed E-state index contributed by atoms with van der Waals surface area (Å²) in [4.78, 5) is 11.9. The van der Waals surface area contributed by atoms with Crippen molar-refractivity contribution in [3.8, 4) is 5.75 Å². The number of hydrogen-bond donors (Lipinski definition) is 3. The number of rotatable bonds is 4. The molecule has 0 fully saturated rings. The molecule has 0 radical (unpaired) electrons. The van der Waals surface area contributed by atoms with E-state index in [0.717, 1.165) is 0 Å². The van der Waals surface area contributed by atoms with Crippen LogP contribution < -0.4 is 5.32 Å². The molecule has 0 bridgehead atoms. The van der Waals surface area contributed by atoms with E-state index in [4.69, 9.17) is 28.3 Å². The van der Waals surface area contributed by atoms with Gasteiger partial charge in [0.2, 0.25) is 5.91 Å². The van der Waals surface area contributed by atoms with Gasteiger partial charge in [-0.3, -0.25) is 4.79 Å². The first kappa shape index (κ1) is 15.6. The van der Waals surface area contributed by atoms with Crippen LogP contribution in [0.1, 0.15) is 18.1 Å².